The first-order chi connectivity index (χ1) is 7.54. The van der Waals surface area contributed by atoms with Gasteiger partial charge in [0.1, 0.15) is 0 Å². The molecule has 0 spiro atoms. The number of likely N-dealkylation sites (N-methyl/N-ethyl adjacent to an activating group) is 1. The van der Waals surface area contributed by atoms with Crippen molar-refractivity contribution in [1.82, 2.24) is 5.32 Å². The van der Waals surface area contributed by atoms with Crippen molar-refractivity contribution < 1.29 is 9.59 Å². The Balaban J connectivity index is 4.72. The molecule has 0 aromatic rings. The Kier molecular flexibility index (Phi) is 7.73. The van der Waals surface area contributed by atoms with Gasteiger partial charge < -0.3 is 5.32 Å². The molecule has 0 saturated carbocycles. The van der Waals surface area contributed by atoms with Gasteiger partial charge in [-0.05, 0) is 32.4 Å². The lowest BCUT2D eigenvalue weighted by molar-refractivity contribution is -0.117. The summed E-state index contributed by atoms with van der Waals surface area (Å²) in [4.78, 5) is 23.2. The third kappa shape index (κ3) is 5.21. The Labute approximate surface area is 98.3 Å². The number of ketones is 2. The van der Waals surface area contributed by atoms with Crippen molar-refractivity contribution in [2.24, 2.45) is 0 Å². The van der Waals surface area contributed by atoms with E-state index in [2.05, 4.69) is 12.2 Å². The molecule has 92 valence electrons. The lowest BCUT2D eigenvalue weighted by Gasteiger charge is -2.10. The number of carbonyl (C=O) groups excluding carboxylic acids is 2. The highest BCUT2D eigenvalue weighted by molar-refractivity contribution is 6.05. The molecule has 0 fully saturated rings. The molecule has 0 heterocycles. The first-order valence-electron chi connectivity index (χ1n) is 5.99. The van der Waals surface area contributed by atoms with Gasteiger partial charge in [0.2, 0.25) is 0 Å². The van der Waals surface area contributed by atoms with Crippen LogP contribution in [0.3, 0.4) is 0 Å². The van der Waals surface area contributed by atoms with Crippen LogP contribution in [0.4, 0.5) is 0 Å². The molecule has 0 aromatic heterocycles. The molecule has 0 unspecified atom stereocenters. The van der Waals surface area contributed by atoms with Crippen LogP contribution >= 0.6 is 0 Å². The van der Waals surface area contributed by atoms with Crippen LogP contribution in [-0.2, 0) is 9.59 Å². The number of carbonyl (C=O) groups is 2. The molecule has 0 aliphatic rings. The van der Waals surface area contributed by atoms with Crippen molar-refractivity contribution in [2.75, 3.05) is 13.1 Å². The Hall–Kier alpha value is -0.960. The van der Waals surface area contributed by atoms with E-state index in [-0.39, 0.29) is 11.6 Å². The molecule has 0 rings (SSSR count). The molecule has 0 bridgehead atoms. The van der Waals surface area contributed by atoms with E-state index in [1.807, 2.05) is 6.92 Å². The third-order valence-corrected chi connectivity index (χ3v) is 2.63. The van der Waals surface area contributed by atoms with Crippen LogP contribution in [0.1, 0.15) is 47.0 Å². The minimum absolute atomic E-state index is 0.0160. The molecule has 0 aromatic carbocycles. The van der Waals surface area contributed by atoms with Crippen molar-refractivity contribution in [3.63, 3.8) is 0 Å². The Bertz CT molecular complexity index is 280. The van der Waals surface area contributed by atoms with E-state index in [9.17, 15) is 9.59 Å². The van der Waals surface area contributed by atoms with Crippen LogP contribution in [0.5, 0.6) is 0 Å². The third-order valence-electron chi connectivity index (χ3n) is 2.63. The van der Waals surface area contributed by atoms with E-state index < -0.39 is 0 Å². The van der Waals surface area contributed by atoms with Gasteiger partial charge in [-0.15, -0.1) is 0 Å². The lowest BCUT2D eigenvalue weighted by Crippen LogP contribution is -2.23. The van der Waals surface area contributed by atoms with E-state index in [1.165, 1.54) is 6.92 Å². The summed E-state index contributed by atoms with van der Waals surface area (Å²) in [5.41, 5.74) is 1.25. The first-order valence-corrected chi connectivity index (χ1v) is 5.99. The molecule has 0 atom stereocenters. The molecule has 16 heavy (non-hydrogen) atoms. The molecule has 3 heteroatoms. The largest absolute Gasteiger partial charge is 0.313 e. The maximum atomic E-state index is 11.9. The molecule has 0 amide bonds. The highest BCUT2D eigenvalue weighted by atomic mass is 16.1. The topological polar surface area (TPSA) is 46.2 Å². The van der Waals surface area contributed by atoms with Crippen molar-refractivity contribution in [3.8, 4) is 0 Å². The van der Waals surface area contributed by atoms with Gasteiger partial charge >= 0.3 is 0 Å². The molecular formula is C13H23NO2. The second-order valence-corrected chi connectivity index (χ2v) is 3.97. The summed E-state index contributed by atoms with van der Waals surface area (Å²) in [6, 6.07) is 0. The minimum atomic E-state index is -0.0160. The summed E-state index contributed by atoms with van der Waals surface area (Å²) in [6.45, 7) is 8.59. The van der Waals surface area contributed by atoms with Crippen LogP contribution in [0, 0.1) is 0 Å². The maximum absolute atomic E-state index is 11.9. The fourth-order valence-electron chi connectivity index (χ4n) is 1.39. The van der Waals surface area contributed by atoms with E-state index in [1.54, 1.807) is 6.92 Å². The van der Waals surface area contributed by atoms with Gasteiger partial charge in [-0.25, -0.2) is 0 Å². The van der Waals surface area contributed by atoms with E-state index in [0.717, 1.165) is 19.4 Å². The number of hydrogen-bond donors (Lipinski definition) is 1. The summed E-state index contributed by atoms with van der Waals surface area (Å²) in [6.07, 6.45) is 2.43. The van der Waals surface area contributed by atoms with Crippen LogP contribution in [0.25, 0.3) is 0 Å². The number of Topliss-reactive ketones (excluding diaryl/α,β-unsaturated/α-hetero) is 2. The molecule has 0 radical (unpaired) electrons. The second kappa shape index (κ2) is 8.22. The van der Waals surface area contributed by atoms with E-state index in [0.29, 0.717) is 24.1 Å². The zero-order chi connectivity index (χ0) is 12.6. The molecule has 0 aliphatic heterocycles. The summed E-state index contributed by atoms with van der Waals surface area (Å²) in [5.74, 6) is 0.0910. The Morgan fingerprint density at radius 2 is 1.75 bits per heavy atom. The summed E-state index contributed by atoms with van der Waals surface area (Å²) in [7, 11) is 0. The normalized spacial score (nSPS) is 12.2. The van der Waals surface area contributed by atoms with E-state index >= 15 is 0 Å². The zero-order valence-electron chi connectivity index (χ0n) is 10.9. The van der Waals surface area contributed by atoms with Gasteiger partial charge in [0.15, 0.2) is 11.6 Å². The van der Waals surface area contributed by atoms with Gasteiger partial charge in [0, 0.05) is 18.5 Å². The molecule has 3 nitrogen and oxygen atoms in total. The molecule has 0 aliphatic carbocycles. The first kappa shape index (κ1) is 15.0. The highest BCUT2D eigenvalue weighted by Gasteiger charge is 2.14. The van der Waals surface area contributed by atoms with Crippen molar-refractivity contribution >= 4 is 11.6 Å². The van der Waals surface area contributed by atoms with Crippen LogP contribution in [0.2, 0.25) is 0 Å². The second-order valence-electron chi connectivity index (χ2n) is 3.97. The molecule has 1 N–H and O–H groups in total. The highest BCUT2D eigenvalue weighted by Crippen LogP contribution is 2.10. The van der Waals surface area contributed by atoms with Gasteiger partial charge in [0.25, 0.3) is 0 Å². The van der Waals surface area contributed by atoms with Gasteiger partial charge in [-0.1, -0.05) is 20.3 Å². The number of nitrogens with one attached hydrogen (secondary N) is 1. The summed E-state index contributed by atoms with van der Waals surface area (Å²) < 4.78 is 0. The Morgan fingerprint density at radius 3 is 2.19 bits per heavy atom. The predicted octanol–water partition coefficient (Wildman–Crippen LogP) is 2.26. The van der Waals surface area contributed by atoms with E-state index in [4.69, 9.17) is 0 Å². The zero-order valence-corrected chi connectivity index (χ0v) is 10.9. The average Bonchev–Trinajstić information content (AvgIpc) is 2.26. The smallest absolute Gasteiger partial charge is 0.160 e. The van der Waals surface area contributed by atoms with Crippen molar-refractivity contribution in [1.29, 1.82) is 0 Å². The summed E-state index contributed by atoms with van der Waals surface area (Å²) >= 11 is 0. The quantitative estimate of drug-likeness (QED) is 0.644. The van der Waals surface area contributed by atoms with Crippen molar-refractivity contribution in [2.45, 2.75) is 47.0 Å². The molecular weight excluding hydrogens is 202 g/mol. The average molecular weight is 225 g/mol. The van der Waals surface area contributed by atoms with Gasteiger partial charge in [-0.2, -0.15) is 0 Å². The fraction of sp³-hybridized carbons (Fsp3) is 0.692. The SMILES string of the molecule is CCCCC(=O)/C(CNCC)=C(/C)C(C)=O. The fourth-order valence-corrected chi connectivity index (χ4v) is 1.39. The maximum Gasteiger partial charge on any atom is 0.160 e. The van der Waals surface area contributed by atoms with Gasteiger partial charge in [-0.3, -0.25) is 9.59 Å². The Morgan fingerprint density at radius 1 is 1.12 bits per heavy atom. The lowest BCUT2D eigenvalue weighted by atomic mass is 9.99. The van der Waals surface area contributed by atoms with Crippen LogP contribution in [-0.4, -0.2) is 24.7 Å². The van der Waals surface area contributed by atoms with Crippen LogP contribution < -0.4 is 5.32 Å². The predicted molar refractivity (Wildman–Crippen MR) is 66.5 cm³/mol. The monoisotopic (exact) mass is 225 g/mol. The minimum Gasteiger partial charge on any atom is -0.313 e. The number of unbranched alkanes of at least 4 members (excludes halogenated alkanes) is 1. The molecule has 0 saturated heterocycles. The van der Waals surface area contributed by atoms with Crippen molar-refractivity contribution in [3.05, 3.63) is 11.1 Å². The standard InChI is InChI=1S/C13H23NO2/c1-5-7-8-13(16)12(9-14-6-2)10(3)11(4)15/h14H,5-9H2,1-4H3/b12-10-. The van der Waals surface area contributed by atoms with Crippen LogP contribution in [0.15, 0.2) is 11.1 Å². The van der Waals surface area contributed by atoms with Gasteiger partial charge in [0.05, 0.1) is 0 Å². The number of allylic oxidation sites excluding steroid dienone is 1. The number of hydrogen-bond acceptors (Lipinski definition) is 3. The summed E-state index contributed by atoms with van der Waals surface area (Å²) in [5, 5.41) is 3.11. The number of rotatable bonds is 8.